The van der Waals surface area contributed by atoms with Crippen LogP contribution in [0.2, 0.25) is 5.02 Å². The number of hydrogen-bond donors (Lipinski definition) is 3. The van der Waals surface area contributed by atoms with Gasteiger partial charge in [0.1, 0.15) is 11.6 Å². The standard InChI is InChI=1S/C30H26ClFN2O4/c1-30(2,3)22-8-4-7-11-26(22)38-27-15-12-18(20-14-13-19(32)17-21(20)28(35)36)16-25(27)34-29(37)33-24-10-6-5-9-23(24)31/h4-17H,1-3H3,(H,35,36)(H2,33,34,37). The second kappa shape index (κ2) is 10.9. The molecule has 0 heterocycles. The zero-order chi connectivity index (χ0) is 27.4. The number of amides is 2. The summed E-state index contributed by atoms with van der Waals surface area (Å²) in [5.41, 5.74) is 1.97. The molecule has 0 aliphatic rings. The van der Waals surface area contributed by atoms with Crippen LogP contribution in [0.15, 0.2) is 84.9 Å². The lowest BCUT2D eigenvalue weighted by Crippen LogP contribution is -2.20. The highest BCUT2D eigenvalue weighted by Crippen LogP contribution is 2.39. The molecule has 0 aliphatic carbocycles. The van der Waals surface area contributed by atoms with Gasteiger partial charge in [-0.2, -0.15) is 0 Å². The van der Waals surface area contributed by atoms with Crippen LogP contribution in [-0.4, -0.2) is 17.1 Å². The van der Waals surface area contributed by atoms with Gasteiger partial charge in [-0.3, -0.25) is 0 Å². The Balaban J connectivity index is 1.77. The van der Waals surface area contributed by atoms with E-state index < -0.39 is 17.8 Å². The van der Waals surface area contributed by atoms with Gasteiger partial charge in [0.25, 0.3) is 0 Å². The zero-order valence-electron chi connectivity index (χ0n) is 21.0. The molecule has 38 heavy (non-hydrogen) atoms. The molecular weight excluding hydrogens is 507 g/mol. The molecule has 0 atom stereocenters. The molecule has 0 bridgehead atoms. The van der Waals surface area contributed by atoms with Crippen molar-refractivity contribution in [2.45, 2.75) is 26.2 Å². The summed E-state index contributed by atoms with van der Waals surface area (Å²) >= 11 is 6.18. The predicted octanol–water partition coefficient (Wildman–Crippen LogP) is 8.58. The molecule has 4 rings (SSSR count). The number of para-hydroxylation sites is 2. The molecule has 3 N–H and O–H groups in total. The van der Waals surface area contributed by atoms with Crippen molar-refractivity contribution in [3.05, 3.63) is 107 Å². The van der Waals surface area contributed by atoms with E-state index in [9.17, 15) is 19.1 Å². The minimum atomic E-state index is -1.27. The van der Waals surface area contributed by atoms with Crippen molar-refractivity contribution in [2.75, 3.05) is 10.6 Å². The molecular formula is C30H26ClFN2O4. The maximum Gasteiger partial charge on any atom is 0.336 e. The largest absolute Gasteiger partial charge is 0.478 e. The first-order valence-corrected chi connectivity index (χ1v) is 12.2. The number of urea groups is 1. The first-order valence-electron chi connectivity index (χ1n) is 11.8. The van der Waals surface area contributed by atoms with Crippen LogP contribution in [-0.2, 0) is 5.41 Å². The first-order chi connectivity index (χ1) is 18.0. The zero-order valence-corrected chi connectivity index (χ0v) is 21.8. The highest BCUT2D eigenvalue weighted by atomic mass is 35.5. The number of ether oxygens (including phenoxy) is 1. The van der Waals surface area contributed by atoms with Gasteiger partial charge in [0.2, 0.25) is 0 Å². The summed E-state index contributed by atoms with van der Waals surface area (Å²) in [6.45, 7) is 6.20. The van der Waals surface area contributed by atoms with Crippen LogP contribution in [0.3, 0.4) is 0 Å². The lowest BCUT2D eigenvalue weighted by molar-refractivity contribution is 0.0697. The minimum absolute atomic E-state index is 0.205. The fourth-order valence-electron chi connectivity index (χ4n) is 3.96. The van der Waals surface area contributed by atoms with Crippen LogP contribution in [0.4, 0.5) is 20.6 Å². The molecule has 0 aromatic heterocycles. The molecule has 0 aliphatic heterocycles. The number of aromatic carboxylic acids is 1. The molecule has 194 valence electrons. The van der Waals surface area contributed by atoms with Crippen molar-refractivity contribution in [3.63, 3.8) is 0 Å². The van der Waals surface area contributed by atoms with Crippen molar-refractivity contribution in [3.8, 4) is 22.6 Å². The van der Waals surface area contributed by atoms with Crippen molar-refractivity contribution in [2.24, 2.45) is 0 Å². The maximum atomic E-state index is 13.8. The lowest BCUT2D eigenvalue weighted by Gasteiger charge is -2.23. The van der Waals surface area contributed by atoms with Gasteiger partial charge in [-0.25, -0.2) is 14.0 Å². The molecule has 2 amide bonds. The molecule has 0 fully saturated rings. The number of carboxylic acids is 1. The monoisotopic (exact) mass is 532 g/mol. The molecule has 0 spiro atoms. The number of rotatable bonds is 6. The van der Waals surface area contributed by atoms with Gasteiger partial charge in [0.05, 0.1) is 22.0 Å². The molecule has 0 saturated carbocycles. The number of nitrogens with one attached hydrogen (secondary N) is 2. The Labute approximate surface area is 225 Å². The average molecular weight is 533 g/mol. The molecule has 0 unspecified atom stereocenters. The predicted molar refractivity (Wildman–Crippen MR) is 148 cm³/mol. The number of anilines is 2. The lowest BCUT2D eigenvalue weighted by atomic mass is 9.86. The van der Waals surface area contributed by atoms with Gasteiger partial charge in [-0.05, 0) is 59.0 Å². The van der Waals surface area contributed by atoms with Crippen LogP contribution >= 0.6 is 11.6 Å². The van der Waals surface area contributed by atoms with E-state index in [0.29, 0.717) is 27.8 Å². The Morgan fingerprint density at radius 3 is 2.24 bits per heavy atom. The maximum absolute atomic E-state index is 13.8. The van der Waals surface area contributed by atoms with Crippen molar-refractivity contribution in [1.29, 1.82) is 0 Å². The topological polar surface area (TPSA) is 87.7 Å². The van der Waals surface area contributed by atoms with Crippen LogP contribution < -0.4 is 15.4 Å². The molecule has 0 saturated heterocycles. The van der Waals surface area contributed by atoms with Crippen LogP contribution in [0.25, 0.3) is 11.1 Å². The van der Waals surface area contributed by atoms with Crippen LogP contribution in [0.5, 0.6) is 11.5 Å². The summed E-state index contributed by atoms with van der Waals surface area (Å²) in [5.74, 6) is -0.999. The summed E-state index contributed by atoms with van der Waals surface area (Å²) in [4.78, 5) is 24.8. The molecule has 8 heteroatoms. The van der Waals surface area contributed by atoms with E-state index in [1.807, 2.05) is 24.3 Å². The molecule has 4 aromatic rings. The van der Waals surface area contributed by atoms with E-state index in [4.69, 9.17) is 16.3 Å². The van der Waals surface area contributed by atoms with E-state index in [1.165, 1.54) is 12.1 Å². The Bertz CT molecular complexity index is 1510. The number of benzene rings is 4. The normalized spacial score (nSPS) is 11.1. The third kappa shape index (κ3) is 6.12. The average Bonchev–Trinajstić information content (AvgIpc) is 2.86. The Morgan fingerprint density at radius 1 is 0.842 bits per heavy atom. The van der Waals surface area contributed by atoms with E-state index in [1.54, 1.807) is 42.5 Å². The highest BCUT2D eigenvalue weighted by molar-refractivity contribution is 6.33. The number of halogens is 2. The molecule has 0 radical (unpaired) electrons. The summed E-state index contributed by atoms with van der Waals surface area (Å²) in [5, 5.41) is 15.5. The Morgan fingerprint density at radius 2 is 1.53 bits per heavy atom. The minimum Gasteiger partial charge on any atom is -0.478 e. The van der Waals surface area contributed by atoms with E-state index in [-0.39, 0.29) is 22.2 Å². The number of carbonyl (C=O) groups is 2. The van der Waals surface area contributed by atoms with Crippen molar-refractivity contribution < 1.29 is 23.8 Å². The Hall–Kier alpha value is -4.36. The SMILES string of the molecule is CC(C)(C)c1ccccc1Oc1ccc(-c2ccc(F)cc2C(=O)O)cc1NC(=O)Nc1ccccc1Cl. The van der Waals surface area contributed by atoms with Crippen LogP contribution in [0.1, 0.15) is 36.7 Å². The summed E-state index contributed by atoms with van der Waals surface area (Å²) in [6.07, 6.45) is 0. The van der Waals surface area contributed by atoms with Gasteiger partial charge in [-0.15, -0.1) is 0 Å². The van der Waals surface area contributed by atoms with Crippen molar-refractivity contribution in [1.82, 2.24) is 0 Å². The summed E-state index contributed by atoms with van der Waals surface area (Å²) in [6, 6.07) is 22.2. The highest BCUT2D eigenvalue weighted by Gasteiger charge is 2.21. The van der Waals surface area contributed by atoms with E-state index >= 15 is 0 Å². The van der Waals surface area contributed by atoms with Crippen molar-refractivity contribution >= 4 is 35.0 Å². The van der Waals surface area contributed by atoms with E-state index in [2.05, 4.69) is 31.4 Å². The molecule has 6 nitrogen and oxygen atoms in total. The number of carbonyl (C=O) groups excluding carboxylic acids is 1. The van der Waals surface area contributed by atoms with Gasteiger partial charge >= 0.3 is 12.0 Å². The number of hydrogen-bond acceptors (Lipinski definition) is 3. The van der Waals surface area contributed by atoms with Gasteiger partial charge in [0.15, 0.2) is 5.75 Å². The van der Waals surface area contributed by atoms with Crippen LogP contribution in [0, 0.1) is 5.82 Å². The van der Waals surface area contributed by atoms with Gasteiger partial charge < -0.3 is 20.5 Å². The fourth-order valence-corrected chi connectivity index (χ4v) is 4.14. The van der Waals surface area contributed by atoms with E-state index in [0.717, 1.165) is 11.6 Å². The van der Waals surface area contributed by atoms with Gasteiger partial charge in [0, 0.05) is 5.56 Å². The second-order valence-electron chi connectivity index (χ2n) is 9.61. The smallest absolute Gasteiger partial charge is 0.336 e. The number of carboxylic acid groups (broad SMARTS) is 1. The summed E-state index contributed by atoms with van der Waals surface area (Å²) < 4.78 is 20.1. The Kier molecular flexibility index (Phi) is 7.69. The van der Waals surface area contributed by atoms with Gasteiger partial charge in [-0.1, -0.05) is 74.8 Å². The fraction of sp³-hybridized carbons (Fsp3) is 0.133. The third-order valence-electron chi connectivity index (χ3n) is 5.79. The second-order valence-corrected chi connectivity index (χ2v) is 10.0. The quantitative estimate of drug-likeness (QED) is 0.232. The third-order valence-corrected chi connectivity index (χ3v) is 6.12. The first kappa shape index (κ1) is 26.7. The summed E-state index contributed by atoms with van der Waals surface area (Å²) in [7, 11) is 0. The molecule has 4 aromatic carbocycles.